The first-order chi connectivity index (χ1) is 7.79. The van der Waals surface area contributed by atoms with E-state index < -0.39 is 0 Å². The van der Waals surface area contributed by atoms with Crippen LogP contribution in [0.4, 0.5) is 0 Å². The Balaban J connectivity index is 1.89. The van der Waals surface area contributed by atoms with E-state index in [1.165, 1.54) is 0 Å². The molecule has 1 saturated heterocycles. The van der Waals surface area contributed by atoms with E-state index in [2.05, 4.69) is 11.8 Å². The fourth-order valence-corrected chi connectivity index (χ4v) is 2.60. The molecule has 16 heavy (non-hydrogen) atoms. The number of hydrogen-bond donors (Lipinski definition) is 0. The highest BCUT2D eigenvalue weighted by Crippen LogP contribution is 2.13. The second-order valence-electron chi connectivity index (χ2n) is 3.98. The van der Waals surface area contributed by atoms with Gasteiger partial charge >= 0.3 is 0 Å². The number of thiophene rings is 1. The molecule has 0 aromatic carbocycles. The van der Waals surface area contributed by atoms with E-state index in [1.807, 2.05) is 17.5 Å². The summed E-state index contributed by atoms with van der Waals surface area (Å²) in [6, 6.07) is 3.98. The van der Waals surface area contributed by atoms with Crippen molar-refractivity contribution in [3.8, 4) is 0 Å². The normalized spacial score (nSPS) is 22.2. The third-order valence-electron chi connectivity index (χ3n) is 2.89. The van der Waals surface area contributed by atoms with Crippen molar-refractivity contribution in [2.75, 3.05) is 26.2 Å². The number of likely N-dealkylation sites (N-methyl/N-ethyl adjacent to an activating group) is 1. The molecule has 0 saturated carbocycles. The lowest BCUT2D eigenvalue weighted by Crippen LogP contribution is -2.46. The van der Waals surface area contributed by atoms with Crippen LogP contribution >= 0.6 is 11.3 Å². The molecule has 4 heteroatoms. The minimum atomic E-state index is -0.226. The molecule has 0 N–H and O–H groups in total. The quantitative estimate of drug-likeness (QED) is 0.799. The zero-order valence-electron chi connectivity index (χ0n) is 9.52. The highest BCUT2D eigenvalue weighted by atomic mass is 32.1. The Morgan fingerprint density at radius 1 is 1.69 bits per heavy atom. The van der Waals surface area contributed by atoms with Gasteiger partial charge in [-0.3, -0.25) is 9.69 Å². The molecule has 0 aliphatic carbocycles. The predicted octanol–water partition coefficient (Wildman–Crippen LogP) is 1.58. The number of rotatable bonds is 4. The van der Waals surface area contributed by atoms with Crippen LogP contribution in [0.3, 0.4) is 0 Å². The number of carbonyl (C=O) groups is 1. The maximum Gasteiger partial charge on any atom is 0.168 e. The maximum absolute atomic E-state index is 12.0. The van der Waals surface area contributed by atoms with Gasteiger partial charge in [0.25, 0.3) is 0 Å². The highest BCUT2D eigenvalue weighted by Gasteiger charge is 2.25. The van der Waals surface area contributed by atoms with Crippen molar-refractivity contribution < 1.29 is 9.53 Å². The first-order valence-corrected chi connectivity index (χ1v) is 6.56. The van der Waals surface area contributed by atoms with E-state index in [0.29, 0.717) is 13.0 Å². The van der Waals surface area contributed by atoms with E-state index >= 15 is 0 Å². The fraction of sp³-hybridized carbons (Fsp3) is 0.583. The molecule has 2 rings (SSSR count). The summed E-state index contributed by atoms with van der Waals surface area (Å²) in [5.41, 5.74) is 0. The average molecular weight is 239 g/mol. The molecule has 0 spiro atoms. The molecule has 1 atom stereocenters. The number of ketones is 1. The summed E-state index contributed by atoms with van der Waals surface area (Å²) in [5, 5.41) is 2.00. The number of hydrogen-bond acceptors (Lipinski definition) is 4. The average Bonchev–Trinajstić information content (AvgIpc) is 2.82. The summed E-state index contributed by atoms with van der Waals surface area (Å²) in [5.74, 6) is 0.209. The first-order valence-electron chi connectivity index (χ1n) is 5.68. The molecule has 1 aromatic heterocycles. The lowest BCUT2D eigenvalue weighted by atomic mass is 10.1. The molecule has 0 radical (unpaired) electrons. The van der Waals surface area contributed by atoms with Gasteiger partial charge in [-0.05, 0) is 18.0 Å². The molecule has 1 fully saturated rings. The van der Waals surface area contributed by atoms with Gasteiger partial charge in [0.2, 0.25) is 0 Å². The molecule has 1 aliphatic rings. The standard InChI is InChI=1S/C12H17NO2S/c1-2-13-5-6-15-12(9-13)11(14)8-10-4-3-7-16-10/h3-4,7,12H,2,5-6,8-9H2,1H3. The molecule has 3 nitrogen and oxygen atoms in total. The number of nitrogens with zero attached hydrogens (tertiary/aromatic N) is 1. The van der Waals surface area contributed by atoms with Crippen LogP contribution in [0.5, 0.6) is 0 Å². The van der Waals surface area contributed by atoms with Crippen LogP contribution in [0, 0.1) is 0 Å². The van der Waals surface area contributed by atoms with Crippen LogP contribution in [0.2, 0.25) is 0 Å². The van der Waals surface area contributed by atoms with E-state index in [1.54, 1.807) is 11.3 Å². The van der Waals surface area contributed by atoms with Gasteiger partial charge in [0.05, 0.1) is 6.61 Å². The molecular weight excluding hydrogens is 222 g/mol. The van der Waals surface area contributed by atoms with Gasteiger partial charge in [0, 0.05) is 24.4 Å². The summed E-state index contributed by atoms with van der Waals surface area (Å²) < 4.78 is 5.53. The van der Waals surface area contributed by atoms with Gasteiger partial charge in [-0.2, -0.15) is 0 Å². The van der Waals surface area contributed by atoms with E-state index in [4.69, 9.17) is 4.74 Å². The molecule has 88 valence electrons. The van der Waals surface area contributed by atoms with E-state index in [9.17, 15) is 4.79 Å². The Morgan fingerprint density at radius 2 is 2.56 bits per heavy atom. The van der Waals surface area contributed by atoms with Crippen LogP contribution < -0.4 is 0 Å². The number of morpholine rings is 1. The van der Waals surface area contributed by atoms with Gasteiger partial charge < -0.3 is 4.74 Å². The molecule has 1 unspecified atom stereocenters. The molecule has 1 aliphatic heterocycles. The van der Waals surface area contributed by atoms with Crippen molar-refractivity contribution >= 4 is 17.1 Å². The minimum absolute atomic E-state index is 0.209. The number of Topliss-reactive ketones (excluding diaryl/α,β-unsaturated/α-hetero) is 1. The smallest absolute Gasteiger partial charge is 0.168 e. The Kier molecular flexibility index (Phi) is 4.09. The summed E-state index contributed by atoms with van der Waals surface area (Å²) in [7, 11) is 0. The van der Waals surface area contributed by atoms with Crippen molar-refractivity contribution in [1.29, 1.82) is 0 Å². The van der Waals surface area contributed by atoms with Crippen LogP contribution in [-0.4, -0.2) is 43.0 Å². The Morgan fingerprint density at radius 3 is 3.25 bits per heavy atom. The van der Waals surface area contributed by atoms with E-state index in [-0.39, 0.29) is 11.9 Å². The van der Waals surface area contributed by atoms with Gasteiger partial charge in [-0.1, -0.05) is 13.0 Å². The number of ether oxygens (including phenoxy) is 1. The van der Waals surface area contributed by atoms with Crippen LogP contribution in [0.15, 0.2) is 17.5 Å². The van der Waals surface area contributed by atoms with Crippen LogP contribution in [0.1, 0.15) is 11.8 Å². The van der Waals surface area contributed by atoms with Gasteiger partial charge in [-0.15, -0.1) is 11.3 Å². The second kappa shape index (κ2) is 5.57. The highest BCUT2D eigenvalue weighted by molar-refractivity contribution is 7.10. The van der Waals surface area contributed by atoms with Gasteiger partial charge in [-0.25, -0.2) is 0 Å². The van der Waals surface area contributed by atoms with Gasteiger partial charge in [0.1, 0.15) is 6.10 Å². The molecule has 1 aromatic rings. The maximum atomic E-state index is 12.0. The SMILES string of the molecule is CCN1CCOC(C(=O)Cc2cccs2)C1. The lowest BCUT2D eigenvalue weighted by Gasteiger charge is -2.31. The van der Waals surface area contributed by atoms with Crippen molar-refractivity contribution in [3.05, 3.63) is 22.4 Å². The molecule has 0 amide bonds. The Bertz CT molecular complexity index is 337. The van der Waals surface area contributed by atoms with Crippen LogP contribution in [-0.2, 0) is 16.0 Å². The van der Waals surface area contributed by atoms with Crippen molar-refractivity contribution in [2.45, 2.75) is 19.4 Å². The second-order valence-corrected chi connectivity index (χ2v) is 5.01. The molecule has 2 heterocycles. The largest absolute Gasteiger partial charge is 0.368 e. The topological polar surface area (TPSA) is 29.5 Å². The fourth-order valence-electron chi connectivity index (χ4n) is 1.88. The zero-order chi connectivity index (χ0) is 11.4. The van der Waals surface area contributed by atoms with Gasteiger partial charge in [0.15, 0.2) is 5.78 Å². The van der Waals surface area contributed by atoms with Crippen molar-refractivity contribution in [2.24, 2.45) is 0 Å². The Labute approximate surface area is 100 Å². The van der Waals surface area contributed by atoms with Crippen molar-refractivity contribution in [1.82, 2.24) is 4.90 Å². The van der Waals surface area contributed by atoms with Crippen LogP contribution in [0.25, 0.3) is 0 Å². The monoisotopic (exact) mass is 239 g/mol. The zero-order valence-corrected chi connectivity index (χ0v) is 10.3. The Hall–Kier alpha value is -0.710. The summed E-state index contributed by atoms with van der Waals surface area (Å²) in [4.78, 5) is 15.4. The predicted molar refractivity (Wildman–Crippen MR) is 64.9 cm³/mol. The lowest BCUT2D eigenvalue weighted by molar-refractivity contribution is -0.135. The first kappa shape index (κ1) is 11.8. The minimum Gasteiger partial charge on any atom is -0.368 e. The third-order valence-corrected chi connectivity index (χ3v) is 3.76. The summed E-state index contributed by atoms with van der Waals surface area (Å²) in [6.45, 7) is 5.48. The van der Waals surface area contributed by atoms with E-state index in [0.717, 1.165) is 24.5 Å². The summed E-state index contributed by atoms with van der Waals surface area (Å²) >= 11 is 1.63. The molecular formula is C12H17NO2S. The number of carbonyl (C=O) groups excluding carboxylic acids is 1. The third kappa shape index (κ3) is 2.90. The summed E-state index contributed by atoms with van der Waals surface area (Å²) in [6.07, 6.45) is 0.288. The molecule has 0 bridgehead atoms. The van der Waals surface area contributed by atoms with Crippen molar-refractivity contribution in [3.63, 3.8) is 0 Å².